The molecule has 0 aliphatic carbocycles. The van der Waals surface area contributed by atoms with Crippen molar-refractivity contribution in [1.29, 1.82) is 0 Å². The number of sulfonamides is 1. The molecule has 0 aromatic heterocycles. The van der Waals surface area contributed by atoms with E-state index in [4.69, 9.17) is 12.3 Å². The van der Waals surface area contributed by atoms with E-state index in [2.05, 4.69) is 4.85 Å². The summed E-state index contributed by atoms with van der Waals surface area (Å²) < 4.78 is 26.2. The van der Waals surface area contributed by atoms with E-state index in [9.17, 15) is 8.42 Å². The number of nitrogens with zero attached hydrogens (tertiary/aromatic N) is 2. The van der Waals surface area contributed by atoms with Crippen molar-refractivity contribution < 1.29 is 8.42 Å². The van der Waals surface area contributed by atoms with Crippen molar-refractivity contribution in [3.8, 4) is 0 Å². The molecular formula is C12H15N3O2S. The van der Waals surface area contributed by atoms with E-state index >= 15 is 0 Å². The second kappa shape index (κ2) is 5.06. The zero-order valence-corrected chi connectivity index (χ0v) is 10.7. The van der Waals surface area contributed by atoms with Crippen molar-refractivity contribution in [3.63, 3.8) is 0 Å². The van der Waals surface area contributed by atoms with Crippen LogP contribution in [0.5, 0.6) is 0 Å². The van der Waals surface area contributed by atoms with Gasteiger partial charge in [-0.05, 0) is 12.8 Å². The predicted molar refractivity (Wildman–Crippen MR) is 68.7 cm³/mol. The third-order valence-electron chi connectivity index (χ3n) is 3.10. The fraction of sp³-hybridized carbons (Fsp3) is 0.417. The molecule has 0 radical (unpaired) electrons. The molecule has 0 atom stereocenters. The SMILES string of the molecule is [C-]#[N+]c1ccccc1S(=O)(=O)N1CCC(N)CC1. The first-order valence-corrected chi connectivity index (χ1v) is 7.22. The van der Waals surface area contributed by atoms with E-state index in [1.807, 2.05) is 0 Å². The summed E-state index contributed by atoms with van der Waals surface area (Å²) in [6, 6.07) is 6.38. The van der Waals surface area contributed by atoms with Crippen molar-refractivity contribution >= 4 is 15.7 Å². The van der Waals surface area contributed by atoms with Gasteiger partial charge in [-0.25, -0.2) is 13.3 Å². The van der Waals surface area contributed by atoms with E-state index in [0.29, 0.717) is 25.9 Å². The van der Waals surface area contributed by atoms with Crippen LogP contribution in [0.4, 0.5) is 5.69 Å². The molecule has 1 aliphatic heterocycles. The molecule has 1 aromatic rings. The first kappa shape index (κ1) is 13.0. The van der Waals surface area contributed by atoms with Gasteiger partial charge in [-0.2, -0.15) is 4.31 Å². The van der Waals surface area contributed by atoms with Crippen LogP contribution in [0.3, 0.4) is 0 Å². The quantitative estimate of drug-likeness (QED) is 0.821. The van der Waals surface area contributed by atoms with Crippen LogP contribution in [0.1, 0.15) is 12.8 Å². The molecule has 0 spiro atoms. The average molecular weight is 265 g/mol. The Bertz CT molecular complexity index is 569. The van der Waals surface area contributed by atoms with Crippen molar-refractivity contribution in [2.75, 3.05) is 13.1 Å². The number of hydrogen-bond acceptors (Lipinski definition) is 3. The molecule has 96 valence electrons. The average Bonchev–Trinajstić information content (AvgIpc) is 2.39. The van der Waals surface area contributed by atoms with Gasteiger partial charge in [0.15, 0.2) is 0 Å². The highest BCUT2D eigenvalue weighted by molar-refractivity contribution is 7.89. The minimum absolute atomic E-state index is 0.0764. The van der Waals surface area contributed by atoms with Gasteiger partial charge in [0.2, 0.25) is 15.7 Å². The van der Waals surface area contributed by atoms with Gasteiger partial charge in [0.25, 0.3) is 0 Å². The molecular weight excluding hydrogens is 250 g/mol. The number of nitrogens with two attached hydrogens (primary N) is 1. The largest absolute Gasteiger partial charge is 0.328 e. The summed E-state index contributed by atoms with van der Waals surface area (Å²) in [5.41, 5.74) is 5.94. The number of hydrogen-bond donors (Lipinski definition) is 1. The maximum Gasteiger partial charge on any atom is 0.233 e. The van der Waals surface area contributed by atoms with Crippen LogP contribution < -0.4 is 5.73 Å². The van der Waals surface area contributed by atoms with Gasteiger partial charge in [-0.3, -0.25) is 0 Å². The Kier molecular flexibility index (Phi) is 3.66. The van der Waals surface area contributed by atoms with Gasteiger partial charge in [-0.15, -0.1) is 0 Å². The number of benzene rings is 1. The highest BCUT2D eigenvalue weighted by Gasteiger charge is 2.29. The summed E-state index contributed by atoms with van der Waals surface area (Å²) in [7, 11) is -3.56. The second-order valence-electron chi connectivity index (χ2n) is 4.32. The lowest BCUT2D eigenvalue weighted by molar-refractivity contribution is 0.320. The first-order valence-electron chi connectivity index (χ1n) is 5.78. The van der Waals surface area contributed by atoms with E-state index < -0.39 is 10.0 Å². The molecule has 1 aromatic carbocycles. The van der Waals surface area contributed by atoms with Crippen molar-refractivity contribution in [2.24, 2.45) is 5.73 Å². The Morgan fingerprint density at radius 1 is 1.28 bits per heavy atom. The first-order chi connectivity index (χ1) is 8.55. The highest BCUT2D eigenvalue weighted by Crippen LogP contribution is 2.28. The zero-order chi connectivity index (χ0) is 13.2. The van der Waals surface area contributed by atoms with Crippen molar-refractivity contribution in [3.05, 3.63) is 35.7 Å². The maximum atomic E-state index is 12.4. The minimum Gasteiger partial charge on any atom is -0.328 e. The smallest absolute Gasteiger partial charge is 0.233 e. The predicted octanol–water partition coefficient (Wildman–Crippen LogP) is 1.35. The third-order valence-corrected chi connectivity index (χ3v) is 5.05. The standard InChI is InChI=1S/C12H15N3O2S/c1-14-11-4-2-3-5-12(11)18(16,17)15-8-6-10(13)7-9-15/h2-5,10H,6-9,13H2. The molecule has 2 rings (SSSR count). The fourth-order valence-corrected chi connectivity index (χ4v) is 3.62. The molecule has 1 heterocycles. The zero-order valence-electron chi connectivity index (χ0n) is 9.91. The molecule has 0 saturated carbocycles. The molecule has 1 saturated heterocycles. The van der Waals surface area contributed by atoms with E-state index in [1.165, 1.54) is 16.4 Å². The summed E-state index contributed by atoms with van der Waals surface area (Å²) in [4.78, 5) is 3.36. The Hall–Kier alpha value is -1.42. The minimum atomic E-state index is -3.56. The summed E-state index contributed by atoms with van der Waals surface area (Å²) in [6.45, 7) is 7.89. The topological polar surface area (TPSA) is 67.8 Å². The summed E-state index contributed by atoms with van der Waals surface area (Å²) >= 11 is 0. The van der Waals surface area contributed by atoms with Crippen LogP contribution in [-0.4, -0.2) is 31.9 Å². The number of para-hydroxylation sites is 1. The summed E-state index contributed by atoms with van der Waals surface area (Å²) in [5.74, 6) is 0. The van der Waals surface area contributed by atoms with E-state index in [1.54, 1.807) is 12.1 Å². The monoisotopic (exact) mass is 265 g/mol. The van der Waals surface area contributed by atoms with E-state index in [0.717, 1.165) is 0 Å². The lowest BCUT2D eigenvalue weighted by Gasteiger charge is -2.29. The van der Waals surface area contributed by atoms with Crippen LogP contribution >= 0.6 is 0 Å². The van der Waals surface area contributed by atoms with Crippen LogP contribution in [0.2, 0.25) is 0 Å². The van der Waals surface area contributed by atoms with Gasteiger partial charge < -0.3 is 5.73 Å². The van der Waals surface area contributed by atoms with Crippen LogP contribution in [0.25, 0.3) is 4.85 Å². The molecule has 0 amide bonds. The number of piperidine rings is 1. The molecule has 1 aliphatic rings. The molecule has 0 bridgehead atoms. The van der Waals surface area contributed by atoms with Gasteiger partial charge in [0.05, 0.1) is 11.5 Å². The molecule has 6 heteroatoms. The van der Waals surface area contributed by atoms with Crippen molar-refractivity contribution in [2.45, 2.75) is 23.8 Å². The maximum absolute atomic E-state index is 12.4. The lowest BCUT2D eigenvalue weighted by Crippen LogP contribution is -2.42. The Morgan fingerprint density at radius 3 is 2.50 bits per heavy atom. The third kappa shape index (κ3) is 2.38. The van der Waals surface area contributed by atoms with Gasteiger partial charge in [0, 0.05) is 19.1 Å². The second-order valence-corrected chi connectivity index (χ2v) is 6.23. The van der Waals surface area contributed by atoms with Gasteiger partial charge in [0.1, 0.15) is 0 Å². The van der Waals surface area contributed by atoms with Crippen LogP contribution in [-0.2, 0) is 10.0 Å². The van der Waals surface area contributed by atoms with Gasteiger partial charge >= 0.3 is 0 Å². The lowest BCUT2D eigenvalue weighted by atomic mass is 10.1. The van der Waals surface area contributed by atoms with E-state index in [-0.39, 0.29) is 16.6 Å². The Balaban J connectivity index is 2.34. The summed E-state index contributed by atoms with van der Waals surface area (Å²) in [6.07, 6.45) is 1.33. The number of rotatable bonds is 2. The molecule has 5 nitrogen and oxygen atoms in total. The van der Waals surface area contributed by atoms with Crippen LogP contribution in [0.15, 0.2) is 29.2 Å². The Labute approximate surface area is 107 Å². The van der Waals surface area contributed by atoms with Gasteiger partial charge in [-0.1, -0.05) is 24.3 Å². The fourth-order valence-electron chi connectivity index (χ4n) is 2.02. The summed E-state index contributed by atoms with van der Waals surface area (Å²) in [5, 5.41) is 0. The molecule has 18 heavy (non-hydrogen) atoms. The molecule has 2 N–H and O–H groups in total. The highest BCUT2D eigenvalue weighted by atomic mass is 32.2. The van der Waals surface area contributed by atoms with Crippen molar-refractivity contribution in [1.82, 2.24) is 4.31 Å². The van der Waals surface area contributed by atoms with Crippen LogP contribution in [0, 0.1) is 6.57 Å². The molecule has 1 fully saturated rings. The Morgan fingerprint density at radius 2 is 1.89 bits per heavy atom. The molecule has 0 unspecified atom stereocenters. The normalized spacial score (nSPS) is 18.4.